The Balaban J connectivity index is 2.35. The second-order valence-electron chi connectivity index (χ2n) is 4.85. The maximum Gasteiger partial charge on any atom is 0.261 e. The molecule has 1 amide bonds. The molecule has 0 fully saturated rings. The Morgan fingerprint density at radius 1 is 1.44 bits per heavy atom. The van der Waals surface area contributed by atoms with Gasteiger partial charge in [-0.3, -0.25) is 4.79 Å². The second kappa shape index (κ2) is 7.41. The topological polar surface area (TPSA) is 55.1 Å². The normalized spacial score (nSPS) is 12.4. The van der Waals surface area contributed by atoms with Crippen LogP contribution in [0.1, 0.15) is 60.5 Å². The van der Waals surface area contributed by atoms with Crippen LogP contribution in [0, 0.1) is 6.92 Å². The van der Waals surface area contributed by atoms with Crippen LogP contribution in [0.4, 0.5) is 5.69 Å². The zero-order chi connectivity index (χ0) is 13.5. The number of anilines is 1. The van der Waals surface area contributed by atoms with Gasteiger partial charge in [-0.1, -0.05) is 32.6 Å². The lowest BCUT2D eigenvalue weighted by Gasteiger charge is -2.12. The summed E-state index contributed by atoms with van der Waals surface area (Å²) in [6.07, 6.45) is 6.00. The van der Waals surface area contributed by atoms with E-state index >= 15 is 0 Å². The summed E-state index contributed by atoms with van der Waals surface area (Å²) in [6, 6.07) is 2.00. The van der Waals surface area contributed by atoms with Crippen LogP contribution in [-0.2, 0) is 0 Å². The Hall–Kier alpha value is -1.03. The predicted octanol–water partition coefficient (Wildman–Crippen LogP) is 3.73. The van der Waals surface area contributed by atoms with E-state index in [4.69, 9.17) is 5.73 Å². The van der Waals surface area contributed by atoms with Crippen molar-refractivity contribution in [3.8, 4) is 0 Å². The summed E-state index contributed by atoms with van der Waals surface area (Å²) >= 11 is 1.46. The van der Waals surface area contributed by atoms with E-state index in [0.717, 1.165) is 11.3 Å². The van der Waals surface area contributed by atoms with Crippen molar-refractivity contribution >= 4 is 22.9 Å². The summed E-state index contributed by atoms with van der Waals surface area (Å²) in [5, 5.41) is 3.03. The Kier molecular flexibility index (Phi) is 6.19. The molecule has 0 spiro atoms. The van der Waals surface area contributed by atoms with Crippen LogP contribution in [0.15, 0.2) is 6.07 Å². The minimum absolute atomic E-state index is 0.00258. The maximum absolute atomic E-state index is 12.0. The van der Waals surface area contributed by atoms with E-state index in [1.807, 2.05) is 6.92 Å². The zero-order valence-corrected chi connectivity index (χ0v) is 12.4. The number of rotatable bonds is 7. The van der Waals surface area contributed by atoms with Crippen LogP contribution in [0.25, 0.3) is 0 Å². The molecule has 4 heteroatoms. The molecule has 0 aliphatic carbocycles. The molecular weight excluding hydrogens is 244 g/mol. The van der Waals surface area contributed by atoms with E-state index < -0.39 is 0 Å². The Morgan fingerprint density at radius 2 is 2.17 bits per heavy atom. The molecule has 18 heavy (non-hydrogen) atoms. The molecule has 3 N–H and O–H groups in total. The van der Waals surface area contributed by atoms with Crippen LogP contribution < -0.4 is 11.1 Å². The van der Waals surface area contributed by atoms with Crippen LogP contribution >= 0.6 is 11.3 Å². The molecule has 102 valence electrons. The van der Waals surface area contributed by atoms with Crippen molar-refractivity contribution in [2.45, 2.75) is 58.9 Å². The fourth-order valence-electron chi connectivity index (χ4n) is 1.85. The van der Waals surface area contributed by atoms with Gasteiger partial charge >= 0.3 is 0 Å². The Morgan fingerprint density at radius 3 is 2.72 bits per heavy atom. The number of thiophene rings is 1. The van der Waals surface area contributed by atoms with Crippen LogP contribution in [-0.4, -0.2) is 11.9 Å². The summed E-state index contributed by atoms with van der Waals surface area (Å²) in [5.74, 6) is 0.00258. The minimum Gasteiger partial charge on any atom is -0.398 e. The van der Waals surface area contributed by atoms with Crippen molar-refractivity contribution in [3.63, 3.8) is 0 Å². The molecule has 0 aliphatic rings. The summed E-state index contributed by atoms with van der Waals surface area (Å²) in [7, 11) is 0. The SMILES string of the molecule is CCCCCCC(C)NC(=O)c1cc(N)c(C)s1. The molecule has 0 saturated heterocycles. The molecule has 1 aromatic heterocycles. The predicted molar refractivity (Wildman–Crippen MR) is 79.2 cm³/mol. The monoisotopic (exact) mass is 268 g/mol. The van der Waals surface area contributed by atoms with Gasteiger partial charge in [-0.05, 0) is 26.3 Å². The highest BCUT2D eigenvalue weighted by Gasteiger charge is 2.13. The third-order valence-electron chi connectivity index (χ3n) is 3.05. The average Bonchev–Trinajstić information content (AvgIpc) is 2.65. The van der Waals surface area contributed by atoms with Crippen molar-refractivity contribution in [3.05, 3.63) is 15.8 Å². The first-order valence-corrected chi connectivity index (χ1v) is 7.53. The number of nitrogen functional groups attached to an aromatic ring is 1. The summed E-state index contributed by atoms with van der Waals surface area (Å²) < 4.78 is 0. The van der Waals surface area contributed by atoms with Gasteiger partial charge in [0.1, 0.15) is 0 Å². The fraction of sp³-hybridized carbons (Fsp3) is 0.643. The van der Waals surface area contributed by atoms with Gasteiger partial charge in [0.15, 0.2) is 0 Å². The van der Waals surface area contributed by atoms with E-state index in [-0.39, 0.29) is 11.9 Å². The maximum atomic E-state index is 12.0. The molecule has 0 bridgehead atoms. The van der Waals surface area contributed by atoms with Gasteiger partial charge in [-0.2, -0.15) is 0 Å². The van der Waals surface area contributed by atoms with Crippen molar-refractivity contribution in [1.29, 1.82) is 0 Å². The molecule has 0 radical (unpaired) electrons. The van der Waals surface area contributed by atoms with E-state index in [1.54, 1.807) is 6.07 Å². The first-order chi connectivity index (χ1) is 8.54. The standard InChI is InChI=1S/C14H24N2OS/c1-4-5-6-7-8-10(2)16-14(17)13-9-12(15)11(3)18-13/h9-10H,4-8,15H2,1-3H3,(H,16,17). The van der Waals surface area contributed by atoms with Crippen molar-refractivity contribution in [1.82, 2.24) is 5.32 Å². The molecule has 0 aliphatic heterocycles. The number of nitrogens with two attached hydrogens (primary N) is 1. The number of hydrogen-bond acceptors (Lipinski definition) is 3. The smallest absolute Gasteiger partial charge is 0.261 e. The van der Waals surface area contributed by atoms with E-state index in [9.17, 15) is 4.79 Å². The van der Waals surface area contributed by atoms with E-state index in [0.29, 0.717) is 10.6 Å². The molecule has 1 aromatic rings. The van der Waals surface area contributed by atoms with Gasteiger partial charge < -0.3 is 11.1 Å². The van der Waals surface area contributed by atoms with Gasteiger partial charge in [0.25, 0.3) is 5.91 Å². The fourth-order valence-corrected chi connectivity index (χ4v) is 2.70. The number of aryl methyl sites for hydroxylation is 1. The lowest BCUT2D eigenvalue weighted by atomic mass is 10.1. The van der Waals surface area contributed by atoms with Gasteiger partial charge in [0.05, 0.1) is 4.88 Å². The van der Waals surface area contributed by atoms with Crippen molar-refractivity contribution < 1.29 is 4.79 Å². The van der Waals surface area contributed by atoms with Gasteiger partial charge in [-0.15, -0.1) is 11.3 Å². The largest absolute Gasteiger partial charge is 0.398 e. The molecule has 1 rings (SSSR count). The zero-order valence-electron chi connectivity index (χ0n) is 11.6. The molecular formula is C14H24N2OS. The second-order valence-corrected chi connectivity index (χ2v) is 6.10. The van der Waals surface area contributed by atoms with Crippen LogP contribution in [0.3, 0.4) is 0 Å². The third-order valence-corrected chi connectivity index (χ3v) is 4.11. The number of hydrogen-bond donors (Lipinski definition) is 2. The number of carbonyl (C=O) groups is 1. The minimum atomic E-state index is 0.00258. The molecule has 1 heterocycles. The molecule has 3 nitrogen and oxygen atoms in total. The summed E-state index contributed by atoms with van der Waals surface area (Å²) in [6.45, 7) is 6.20. The quantitative estimate of drug-likeness (QED) is 0.740. The van der Waals surface area contributed by atoms with Crippen LogP contribution in [0.5, 0.6) is 0 Å². The number of carbonyl (C=O) groups excluding carboxylic acids is 1. The lowest BCUT2D eigenvalue weighted by Crippen LogP contribution is -2.31. The van der Waals surface area contributed by atoms with Gasteiger partial charge in [0, 0.05) is 16.6 Å². The first kappa shape index (κ1) is 15.0. The van der Waals surface area contributed by atoms with Crippen LogP contribution in [0.2, 0.25) is 0 Å². The van der Waals surface area contributed by atoms with E-state index in [2.05, 4.69) is 19.2 Å². The Labute approximate surface area is 114 Å². The number of unbranched alkanes of at least 4 members (excludes halogenated alkanes) is 3. The highest BCUT2D eigenvalue weighted by atomic mass is 32.1. The highest BCUT2D eigenvalue weighted by molar-refractivity contribution is 7.14. The van der Waals surface area contributed by atoms with Gasteiger partial charge in [-0.25, -0.2) is 0 Å². The Bertz CT molecular complexity index is 368. The van der Waals surface area contributed by atoms with Gasteiger partial charge in [0.2, 0.25) is 0 Å². The molecule has 0 saturated carbocycles. The third kappa shape index (κ3) is 4.69. The molecule has 0 aromatic carbocycles. The summed E-state index contributed by atoms with van der Waals surface area (Å²) in [4.78, 5) is 13.7. The summed E-state index contributed by atoms with van der Waals surface area (Å²) in [5.41, 5.74) is 6.46. The molecule has 1 atom stereocenters. The van der Waals surface area contributed by atoms with Crippen molar-refractivity contribution in [2.75, 3.05) is 5.73 Å². The lowest BCUT2D eigenvalue weighted by molar-refractivity contribution is 0.0942. The van der Waals surface area contributed by atoms with Crippen molar-refractivity contribution in [2.24, 2.45) is 0 Å². The van der Waals surface area contributed by atoms with E-state index in [1.165, 1.54) is 37.0 Å². The molecule has 1 unspecified atom stereocenters. The number of nitrogens with one attached hydrogen (secondary N) is 1. The highest BCUT2D eigenvalue weighted by Crippen LogP contribution is 2.23. The first-order valence-electron chi connectivity index (χ1n) is 6.71. The average molecular weight is 268 g/mol. The number of amides is 1.